The number of ether oxygens (including phenoxy) is 1. The van der Waals surface area contributed by atoms with Gasteiger partial charge in [0.2, 0.25) is 0 Å². The molecule has 0 radical (unpaired) electrons. The lowest BCUT2D eigenvalue weighted by atomic mass is 10.0. The molecule has 0 aromatic heterocycles. The van der Waals surface area contributed by atoms with Crippen LogP contribution in [0.4, 0.5) is 0 Å². The molecule has 156 valence electrons. The van der Waals surface area contributed by atoms with Crippen molar-refractivity contribution in [1.82, 2.24) is 0 Å². The standard InChI is InChI=1S/C18H20O9P2/c1-14(10-11-26-29(23,24)27-28(20,21)22)13-25-17-9-5-8-16(12-17)18(19)15-6-3-2-4-7-15/h2-10,12H,11,13H2,1H3,(H,23,24)(H2,20,21,22)/b14-10+. The molecular weight excluding hydrogens is 422 g/mol. The van der Waals surface area contributed by atoms with E-state index in [4.69, 9.17) is 14.5 Å². The zero-order valence-corrected chi connectivity index (χ0v) is 17.2. The molecule has 0 aliphatic heterocycles. The number of carbonyl (C=O) groups excluding carboxylic acids is 1. The van der Waals surface area contributed by atoms with Gasteiger partial charge < -0.3 is 19.4 Å². The Balaban J connectivity index is 1.91. The van der Waals surface area contributed by atoms with Crippen LogP contribution in [-0.4, -0.2) is 33.7 Å². The maximum atomic E-state index is 12.5. The van der Waals surface area contributed by atoms with Crippen molar-refractivity contribution in [3.63, 3.8) is 0 Å². The van der Waals surface area contributed by atoms with Gasteiger partial charge >= 0.3 is 15.6 Å². The summed E-state index contributed by atoms with van der Waals surface area (Å²) in [6.07, 6.45) is 1.39. The topological polar surface area (TPSA) is 140 Å². The van der Waals surface area contributed by atoms with Crippen LogP contribution in [-0.2, 0) is 18.0 Å². The fraction of sp³-hybridized carbons (Fsp3) is 0.167. The van der Waals surface area contributed by atoms with Crippen LogP contribution in [0.2, 0.25) is 0 Å². The van der Waals surface area contributed by atoms with Crippen molar-refractivity contribution in [3.8, 4) is 5.75 Å². The minimum atomic E-state index is -5.15. The molecule has 1 atom stereocenters. The quantitative estimate of drug-likeness (QED) is 0.287. The minimum Gasteiger partial charge on any atom is -0.489 e. The Bertz CT molecular complexity index is 966. The molecule has 9 nitrogen and oxygen atoms in total. The van der Waals surface area contributed by atoms with Gasteiger partial charge in [-0.1, -0.05) is 48.5 Å². The van der Waals surface area contributed by atoms with Gasteiger partial charge in [0.15, 0.2) is 5.78 Å². The lowest BCUT2D eigenvalue weighted by Crippen LogP contribution is -2.04. The molecule has 2 aromatic rings. The monoisotopic (exact) mass is 442 g/mol. The Morgan fingerprint density at radius 1 is 1.00 bits per heavy atom. The van der Waals surface area contributed by atoms with Crippen LogP contribution in [0.15, 0.2) is 66.2 Å². The van der Waals surface area contributed by atoms with Gasteiger partial charge in [-0.15, -0.1) is 0 Å². The van der Waals surface area contributed by atoms with Gasteiger partial charge in [0.05, 0.1) is 6.61 Å². The van der Waals surface area contributed by atoms with E-state index in [1.165, 1.54) is 6.08 Å². The van der Waals surface area contributed by atoms with Crippen LogP contribution in [0.5, 0.6) is 5.75 Å². The molecule has 11 heteroatoms. The first kappa shape index (κ1) is 23.2. The minimum absolute atomic E-state index is 0.0986. The summed E-state index contributed by atoms with van der Waals surface area (Å²) in [5, 5.41) is 0. The molecule has 2 rings (SSSR count). The SMILES string of the molecule is C/C(=C\COP(=O)(O)OP(=O)(O)O)COc1cccc(C(=O)c2ccccc2)c1. The predicted molar refractivity (Wildman–Crippen MR) is 104 cm³/mol. The Kier molecular flexibility index (Phi) is 8.07. The molecule has 0 fully saturated rings. The maximum Gasteiger partial charge on any atom is 0.481 e. The van der Waals surface area contributed by atoms with E-state index in [9.17, 15) is 18.8 Å². The van der Waals surface area contributed by atoms with Gasteiger partial charge in [-0.2, -0.15) is 4.31 Å². The molecule has 0 aliphatic rings. The van der Waals surface area contributed by atoms with E-state index in [1.54, 1.807) is 55.5 Å². The summed E-state index contributed by atoms with van der Waals surface area (Å²) in [6.45, 7) is 1.34. The Labute approximate surface area is 167 Å². The summed E-state index contributed by atoms with van der Waals surface area (Å²) in [6, 6.07) is 15.5. The molecule has 0 bridgehead atoms. The molecule has 1 unspecified atom stereocenters. The average Bonchev–Trinajstić information content (AvgIpc) is 2.64. The van der Waals surface area contributed by atoms with Crippen molar-refractivity contribution in [2.45, 2.75) is 6.92 Å². The highest BCUT2D eigenvalue weighted by Gasteiger charge is 2.31. The van der Waals surface area contributed by atoms with Crippen molar-refractivity contribution in [2.75, 3.05) is 13.2 Å². The van der Waals surface area contributed by atoms with E-state index in [2.05, 4.69) is 8.83 Å². The fourth-order valence-electron chi connectivity index (χ4n) is 2.17. The van der Waals surface area contributed by atoms with Crippen molar-refractivity contribution in [3.05, 3.63) is 77.4 Å². The predicted octanol–water partition coefficient (Wildman–Crippen LogP) is 3.47. The summed E-state index contributed by atoms with van der Waals surface area (Å²) < 4.78 is 35.6. The van der Waals surface area contributed by atoms with E-state index >= 15 is 0 Å². The normalized spacial score (nSPS) is 14.3. The highest BCUT2D eigenvalue weighted by atomic mass is 31.3. The third kappa shape index (κ3) is 8.43. The van der Waals surface area contributed by atoms with Gasteiger partial charge in [-0.25, -0.2) is 9.13 Å². The molecule has 0 aliphatic carbocycles. The maximum absolute atomic E-state index is 12.5. The Morgan fingerprint density at radius 3 is 2.31 bits per heavy atom. The average molecular weight is 442 g/mol. The van der Waals surface area contributed by atoms with Gasteiger partial charge in [-0.05, 0) is 24.6 Å². The third-order valence-corrected chi connectivity index (χ3v) is 5.63. The highest BCUT2D eigenvalue weighted by Crippen LogP contribution is 2.57. The van der Waals surface area contributed by atoms with Gasteiger partial charge in [-0.3, -0.25) is 9.32 Å². The molecule has 0 spiro atoms. The lowest BCUT2D eigenvalue weighted by Gasteiger charge is -2.11. The van der Waals surface area contributed by atoms with Crippen LogP contribution < -0.4 is 4.74 Å². The summed E-state index contributed by atoms with van der Waals surface area (Å²) in [5.41, 5.74) is 1.64. The number of rotatable bonds is 10. The molecule has 0 heterocycles. The van der Waals surface area contributed by atoms with Crippen LogP contribution in [0.25, 0.3) is 0 Å². The van der Waals surface area contributed by atoms with E-state index in [0.717, 1.165) is 0 Å². The summed E-state index contributed by atoms with van der Waals surface area (Å²) >= 11 is 0. The second-order valence-electron chi connectivity index (χ2n) is 5.90. The number of phosphoric acid groups is 2. The smallest absolute Gasteiger partial charge is 0.481 e. The van der Waals surface area contributed by atoms with Gasteiger partial charge in [0, 0.05) is 11.1 Å². The molecule has 0 amide bonds. The van der Waals surface area contributed by atoms with Crippen LogP contribution in [0.3, 0.4) is 0 Å². The van der Waals surface area contributed by atoms with Crippen LogP contribution >= 0.6 is 15.6 Å². The molecule has 3 N–H and O–H groups in total. The first-order valence-corrected chi connectivity index (χ1v) is 11.3. The van der Waals surface area contributed by atoms with Gasteiger partial charge in [0.1, 0.15) is 12.4 Å². The first-order valence-electron chi connectivity index (χ1n) is 8.28. The molecular formula is C18H20O9P2. The van der Waals surface area contributed by atoms with Crippen molar-refractivity contribution in [1.29, 1.82) is 0 Å². The second-order valence-corrected chi connectivity index (χ2v) is 8.73. The fourth-order valence-corrected chi connectivity index (χ4v) is 3.70. The van der Waals surface area contributed by atoms with E-state index in [0.29, 0.717) is 22.4 Å². The first-order chi connectivity index (χ1) is 13.6. The Hall–Kier alpha value is -2.09. The number of hydrogen-bond acceptors (Lipinski definition) is 6. The molecule has 0 saturated heterocycles. The highest BCUT2D eigenvalue weighted by molar-refractivity contribution is 7.60. The summed E-state index contributed by atoms with van der Waals surface area (Å²) in [7, 11) is -10.0. The van der Waals surface area contributed by atoms with Gasteiger partial charge in [0.25, 0.3) is 0 Å². The molecule has 29 heavy (non-hydrogen) atoms. The summed E-state index contributed by atoms with van der Waals surface area (Å²) in [5.74, 6) is 0.318. The van der Waals surface area contributed by atoms with Crippen molar-refractivity contribution < 1.29 is 42.2 Å². The largest absolute Gasteiger partial charge is 0.489 e. The lowest BCUT2D eigenvalue weighted by molar-refractivity contribution is 0.103. The molecule has 0 saturated carbocycles. The second kappa shape index (κ2) is 10.1. The summed E-state index contributed by atoms with van der Waals surface area (Å²) in [4.78, 5) is 38.7. The van der Waals surface area contributed by atoms with E-state index in [1.807, 2.05) is 6.07 Å². The number of ketones is 1. The zero-order valence-electron chi connectivity index (χ0n) is 15.4. The number of carbonyl (C=O) groups is 1. The van der Waals surface area contributed by atoms with Crippen LogP contribution in [0.1, 0.15) is 22.8 Å². The van der Waals surface area contributed by atoms with Crippen molar-refractivity contribution in [2.24, 2.45) is 0 Å². The number of phosphoric ester groups is 1. The number of benzene rings is 2. The van der Waals surface area contributed by atoms with E-state index in [-0.39, 0.29) is 12.4 Å². The van der Waals surface area contributed by atoms with E-state index < -0.39 is 22.3 Å². The van der Waals surface area contributed by atoms with Crippen molar-refractivity contribution >= 4 is 21.4 Å². The Morgan fingerprint density at radius 2 is 1.66 bits per heavy atom. The number of hydrogen-bond donors (Lipinski definition) is 3. The molecule has 2 aromatic carbocycles. The van der Waals surface area contributed by atoms with Crippen LogP contribution in [0, 0.1) is 0 Å². The third-order valence-electron chi connectivity index (χ3n) is 3.48. The zero-order chi connectivity index (χ0) is 21.5.